The van der Waals surface area contributed by atoms with E-state index < -0.39 is 15.9 Å². The summed E-state index contributed by atoms with van der Waals surface area (Å²) in [6.07, 6.45) is 0. The number of hydrogen-bond donors (Lipinski definition) is 1. The highest BCUT2D eigenvalue weighted by Gasteiger charge is 2.24. The summed E-state index contributed by atoms with van der Waals surface area (Å²) < 4.78 is 25.2. The van der Waals surface area contributed by atoms with E-state index in [-0.39, 0.29) is 10.5 Å². The van der Waals surface area contributed by atoms with Crippen molar-refractivity contribution < 1.29 is 13.2 Å². The van der Waals surface area contributed by atoms with Crippen LogP contribution in [0.4, 0.5) is 0 Å². The van der Waals surface area contributed by atoms with Gasteiger partial charge in [0.2, 0.25) is 15.9 Å². The molecule has 16 heavy (non-hydrogen) atoms. The standard InChI is InChI=1S/C10H14N2O3S/c1-3-12(2)16(14,15)9-7-5-4-6-8(9)10(11)13/h4-7H,3H2,1-2H3,(H2,11,13). The van der Waals surface area contributed by atoms with E-state index in [9.17, 15) is 13.2 Å². The number of carbonyl (C=O) groups excluding carboxylic acids is 1. The molecule has 88 valence electrons. The third-order valence-electron chi connectivity index (χ3n) is 2.29. The molecular weight excluding hydrogens is 228 g/mol. The molecule has 0 spiro atoms. The van der Waals surface area contributed by atoms with Crippen LogP contribution < -0.4 is 5.73 Å². The number of hydrogen-bond acceptors (Lipinski definition) is 3. The summed E-state index contributed by atoms with van der Waals surface area (Å²) in [5.74, 6) is -0.747. The maximum Gasteiger partial charge on any atom is 0.250 e. The fourth-order valence-corrected chi connectivity index (χ4v) is 2.61. The molecule has 0 fully saturated rings. The van der Waals surface area contributed by atoms with Crippen LogP contribution >= 0.6 is 0 Å². The molecule has 1 aromatic rings. The minimum atomic E-state index is -3.63. The number of rotatable bonds is 4. The van der Waals surface area contributed by atoms with Crippen LogP contribution in [0.15, 0.2) is 29.2 Å². The molecule has 1 rings (SSSR count). The fraction of sp³-hybridized carbons (Fsp3) is 0.300. The lowest BCUT2D eigenvalue weighted by molar-refractivity contribution is 0.0997. The van der Waals surface area contributed by atoms with Crippen LogP contribution in [0.1, 0.15) is 17.3 Å². The Hall–Kier alpha value is -1.40. The third kappa shape index (κ3) is 2.23. The highest BCUT2D eigenvalue weighted by Crippen LogP contribution is 2.18. The lowest BCUT2D eigenvalue weighted by atomic mass is 10.2. The van der Waals surface area contributed by atoms with Crippen LogP contribution in [0, 0.1) is 0 Å². The monoisotopic (exact) mass is 242 g/mol. The van der Waals surface area contributed by atoms with Gasteiger partial charge in [-0.05, 0) is 12.1 Å². The molecule has 0 aromatic heterocycles. The van der Waals surface area contributed by atoms with Crippen LogP contribution in [-0.4, -0.2) is 32.2 Å². The number of primary amides is 1. The van der Waals surface area contributed by atoms with E-state index in [0.29, 0.717) is 6.54 Å². The summed E-state index contributed by atoms with van der Waals surface area (Å²) >= 11 is 0. The van der Waals surface area contributed by atoms with Crippen LogP contribution in [-0.2, 0) is 10.0 Å². The van der Waals surface area contributed by atoms with Crippen molar-refractivity contribution in [1.82, 2.24) is 4.31 Å². The largest absolute Gasteiger partial charge is 0.366 e. The average Bonchev–Trinajstić information content (AvgIpc) is 2.27. The summed E-state index contributed by atoms with van der Waals surface area (Å²) in [5, 5.41) is 0. The predicted molar refractivity (Wildman–Crippen MR) is 60.4 cm³/mol. The van der Waals surface area contributed by atoms with Gasteiger partial charge in [-0.15, -0.1) is 0 Å². The molecule has 5 nitrogen and oxygen atoms in total. The summed E-state index contributed by atoms with van der Waals surface area (Å²) in [5.41, 5.74) is 5.15. The first-order valence-corrected chi connectivity index (χ1v) is 6.20. The van der Waals surface area contributed by atoms with Gasteiger partial charge in [-0.2, -0.15) is 0 Å². The predicted octanol–water partition coefficient (Wildman–Crippen LogP) is 0.426. The average molecular weight is 242 g/mol. The molecule has 1 amide bonds. The Morgan fingerprint density at radius 3 is 2.44 bits per heavy atom. The molecule has 0 aliphatic rings. The molecule has 2 N–H and O–H groups in total. The van der Waals surface area contributed by atoms with E-state index in [1.54, 1.807) is 19.1 Å². The molecule has 0 atom stereocenters. The van der Waals surface area contributed by atoms with Gasteiger partial charge in [0.05, 0.1) is 10.5 Å². The summed E-state index contributed by atoms with van der Waals surface area (Å²) in [6, 6.07) is 5.91. The zero-order chi connectivity index (χ0) is 12.3. The molecule has 0 bridgehead atoms. The number of benzene rings is 1. The van der Waals surface area contributed by atoms with Crippen molar-refractivity contribution in [2.45, 2.75) is 11.8 Å². The van der Waals surface area contributed by atoms with Crippen molar-refractivity contribution >= 4 is 15.9 Å². The number of nitrogens with zero attached hydrogens (tertiary/aromatic N) is 1. The van der Waals surface area contributed by atoms with Crippen molar-refractivity contribution in [2.24, 2.45) is 5.73 Å². The summed E-state index contributed by atoms with van der Waals surface area (Å²) in [4.78, 5) is 11.1. The first-order valence-electron chi connectivity index (χ1n) is 4.76. The van der Waals surface area contributed by atoms with Crippen molar-refractivity contribution in [3.05, 3.63) is 29.8 Å². The molecule has 0 aliphatic heterocycles. The number of carbonyl (C=O) groups is 1. The molecule has 0 saturated heterocycles. The van der Waals surface area contributed by atoms with Gasteiger partial charge >= 0.3 is 0 Å². The Morgan fingerprint density at radius 2 is 1.94 bits per heavy atom. The zero-order valence-corrected chi connectivity index (χ0v) is 9.99. The Kier molecular flexibility index (Phi) is 3.66. The Morgan fingerprint density at radius 1 is 1.38 bits per heavy atom. The van der Waals surface area contributed by atoms with Crippen molar-refractivity contribution in [2.75, 3.05) is 13.6 Å². The maximum absolute atomic E-state index is 12.0. The first kappa shape index (κ1) is 12.7. The second-order valence-electron chi connectivity index (χ2n) is 3.28. The van der Waals surface area contributed by atoms with Gasteiger partial charge in [-0.25, -0.2) is 12.7 Å². The van der Waals surface area contributed by atoms with E-state index in [0.717, 1.165) is 4.31 Å². The van der Waals surface area contributed by atoms with Crippen LogP contribution in [0.25, 0.3) is 0 Å². The second kappa shape index (κ2) is 4.63. The quantitative estimate of drug-likeness (QED) is 0.831. The highest BCUT2D eigenvalue weighted by molar-refractivity contribution is 7.89. The molecular formula is C10H14N2O3S. The van der Waals surface area contributed by atoms with E-state index in [2.05, 4.69) is 0 Å². The lowest BCUT2D eigenvalue weighted by Crippen LogP contribution is -2.28. The molecule has 0 radical (unpaired) electrons. The topological polar surface area (TPSA) is 80.5 Å². The summed E-state index contributed by atoms with van der Waals surface area (Å²) in [7, 11) is -2.18. The van der Waals surface area contributed by atoms with Gasteiger partial charge in [0.15, 0.2) is 0 Å². The van der Waals surface area contributed by atoms with E-state index >= 15 is 0 Å². The minimum absolute atomic E-state index is 0.0165. The van der Waals surface area contributed by atoms with Crippen molar-refractivity contribution in [3.8, 4) is 0 Å². The van der Waals surface area contributed by atoms with Gasteiger partial charge in [0.1, 0.15) is 0 Å². The van der Waals surface area contributed by atoms with E-state index in [4.69, 9.17) is 5.73 Å². The smallest absolute Gasteiger partial charge is 0.250 e. The third-order valence-corrected chi connectivity index (χ3v) is 4.28. The Bertz CT molecular complexity index is 497. The van der Waals surface area contributed by atoms with Crippen molar-refractivity contribution in [1.29, 1.82) is 0 Å². The number of sulfonamides is 1. The summed E-state index contributed by atoms with van der Waals surface area (Å²) in [6.45, 7) is 2.04. The minimum Gasteiger partial charge on any atom is -0.366 e. The number of nitrogens with two attached hydrogens (primary N) is 1. The van der Waals surface area contributed by atoms with Gasteiger partial charge in [-0.1, -0.05) is 19.1 Å². The lowest BCUT2D eigenvalue weighted by Gasteiger charge is -2.16. The van der Waals surface area contributed by atoms with Gasteiger partial charge in [0, 0.05) is 13.6 Å². The molecule has 0 aliphatic carbocycles. The second-order valence-corrected chi connectivity index (χ2v) is 5.29. The van der Waals surface area contributed by atoms with Crippen LogP contribution in [0.2, 0.25) is 0 Å². The molecule has 0 saturated carbocycles. The van der Waals surface area contributed by atoms with E-state index in [1.165, 1.54) is 19.2 Å². The Balaban J connectivity index is 3.39. The first-order chi connectivity index (χ1) is 7.41. The number of amides is 1. The van der Waals surface area contributed by atoms with Gasteiger partial charge in [0.25, 0.3) is 0 Å². The molecule has 0 heterocycles. The molecule has 6 heteroatoms. The van der Waals surface area contributed by atoms with Crippen LogP contribution in [0.3, 0.4) is 0 Å². The van der Waals surface area contributed by atoms with Crippen LogP contribution in [0.5, 0.6) is 0 Å². The van der Waals surface area contributed by atoms with Gasteiger partial charge in [-0.3, -0.25) is 4.79 Å². The Labute approximate surface area is 94.9 Å². The van der Waals surface area contributed by atoms with E-state index in [1.807, 2.05) is 0 Å². The highest BCUT2D eigenvalue weighted by atomic mass is 32.2. The van der Waals surface area contributed by atoms with Gasteiger partial charge < -0.3 is 5.73 Å². The SMILES string of the molecule is CCN(C)S(=O)(=O)c1ccccc1C(N)=O. The molecule has 1 aromatic carbocycles. The van der Waals surface area contributed by atoms with Crippen molar-refractivity contribution in [3.63, 3.8) is 0 Å². The fourth-order valence-electron chi connectivity index (χ4n) is 1.23. The maximum atomic E-state index is 12.0. The normalized spacial score (nSPS) is 11.7. The molecule has 0 unspecified atom stereocenters. The zero-order valence-electron chi connectivity index (χ0n) is 9.17.